The highest BCUT2D eigenvalue weighted by molar-refractivity contribution is 7.95. The maximum Gasteiger partial charge on any atom is 0.236 e. The van der Waals surface area contributed by atoms with Crippen LogP contribution < -0.4 is 4.72 Å². The molecule has 6 nitrogen and oxygen atoms in total. The lowest BCUT2D eigenvalue weighted by Gasteiger charge is -2.35. The van der Waals surface area contributed by atoms with E-state index in [1.165, 1.54) is 27.7 Å². The molecule has 0 bridgehead atoms. The van der Waals surface area contributed by atoms with Crippen LogP contribution in [-0.4, -0.2) is 33.1 Å². The number of likely N-dealkylation sites (tertiary alicyclic amines) is 1. The summed E-state index contributed by atoms with van der Waals surface area (Å²) < 4.78 is 19.6. The van der Waals surface area contributed by atoms with Gasteiger partial charge in [0.15, 0.2) is 9.92 Å². The lowest BCUT2D eigenvalue weighted by atomic mass is 9.92. The van der Waals surface area contributed by atoms with Gasteiger partial charge >= 0.3 is 0 Å². The third-order valence-electron chi connectivity index (χ3n) is 7.34. The minimum atomic E-state index is -3.30. The van der Waals surface area contributed by atoms with E-state index in [1.807, 2.05) is 6.08 Å². The van der Waals surface area contributed by atoms with Crippen molar-refractivity contribution in [3.8, 4) is 6.19 Å². The van der Waals surface area contributed by atoms with Crippen LogP contribution >= 0.6 is 0 Å². The zero-order chi connectivity index (χ0) is 22.9. The second-order valence-electron chi connectivity index (χ2n) is 9.85. The van der Waals surface area contributed by atoms with Crippen molar-refractivity contribution in [2.24, 2.45) is 4.36 Å². The van der Waals surface area contributed by atoms with E-state index in [9.17, 15) is 9.00 Å². The largest absolute Gasteiger partial charge is 0.292 e. The van der Waals surface area contributed by atoms with E-state index in [2.05, 4.69) is 40.8 Å². The first-order valence-electron chi connectivity index (χ1n) is 11.8. The molecule has 1 aromatic carbocycles. The Bertz CT molecular complexity index is 1080. The molecule has 1 saturated heterocycles. The molecule has 0 spiro atoms. The first kappa shape index (κ1) is 23.0. The van der Waals surface area contributed by atoms with Crippen molar-refractivity contribution in [2.75, 3.05) is 6.54 Å². The fourth-order valence-corrected chi connectivity index (χ4v) is 7.10. The Balaban J connectivity index is 1.56. The van der Waals surface area contributed by atoms with Crippen molar-refractivity contribution in [2.45, 2.75) is 90.1 Å². The molecule has 1 fully saturated rings. The lowest BCUT2D eigenvalue weighted by molar-refractivity contribution is -0.118. The number of hydrogen-bond acceptors (Lipinski definition) is 5. The number of aryl methyl sites for hydroxylation is 2. The number of hydrogen-bond donors (Lipinski definition) is 1. The normalized spacial score (nSPS) is 24.3. The Morgan fingerprint density at radius 1 is 1.25 bits per heavy atom. The molecule has 0 radical (unpaired) electrons. The number of nitriles is 1. The van der Waals surface area contributed by atoms with Gasteiger partial charge in [0.05, 0.1) is 6.42 Å². The van der Waals surface area contributed by atoms with Crippen LogP contribution in [0.2, 0.25) is 0 Å². The van der Waals surface area contributed by atoms with Gasteiger partial charge in [-0.2, -0.15) is 5.26 Å². The van der Waals surface area contributed by atoms with Gasteiger partial charge in [0.2, 0.25) is 12.1 Å². The van der Waals surface area contributed by atoms with Crippen molar-refractivity contribution in [1.29, 1.82) is 5.26 Å². The number of benzene rings is 1. The van der Waals surface area contributed by atoms with E-state index in [0.717, 1.165) is 63.5 Å². The van der Waals surface area contributed by atoms with Gasteiger partial charge in [-0.1, -0.05) is 16.5 Å². The average molecular weight is 455 g/mol. The van der Waals surface area contributed by atoms with Crippen molar-refractivity contribution < 1.29 is 9.00 Å². The SMILES string of the molecule is CC(C)N1CCCC1(C)C=CS(=O)(=NC#N)NC(=O)Cc1c2c(cc3c1CCC3)CCC2. The van der Waals surface area contributed by atoms with Crippen LogP contribution in [0.25, 0.3) is 0 Å². The van der Waals surface area contributed by atoms with E-state index >= 15 is 0 Å². The molecule has 3 aliphatic rings. The van der Waals surface area contributed by atoms with E-state index in [-0.39, 0.29) is 17.9 Å². The molecule has 172 valence electrons. The second-order valence-corrected chi connectivity index (χ2v) is 11.6. The minimum Gasteiger partial charge on any atom is -0.292 e. The van der Waals surface area contributed by atoms with Gasteiger partial charge in [0.25, 0.3) is 0 Å². The quantitative estimate of drug-likeness (QED) is 0.659. The summed E-state index contributed by atoms with van der Waals surface area (Å²) >= 11 is 0. The Kier molecular flexibility index (Phi) is 6.46. The number of amides is 1. The highest BCUT2D eigenvalue weighted by Gasteiger charge is 2.36. The van der Waals surface area contributed by atoms with Crippen LogP contribution in [0.15, 0.2) is 21.9 Å². The molecule has 1 aromatic rings. The predicted molar refractivity (Wildman–Crippen MR) is 127 cm³/mol. The van der Waals surface area contributed by atoms with Gasteiger partial charge in [0, 0.05) is 17.0 Å². The van der Waals surface area contributed by atoms with Crippen LogP contribution in [0.4, 0.5) is 0 Å². The maximum atomic E-state index is 13.4. The first-order chi connectivity index (χ1) is 15.2. The Hall–Kier alpha value is -2.17. The number of nitrogens with one attached hydrogen (secondary N) is 1. The summed E-state index contributed by atoms with van der Waals surface area (Å²) in [6, 6.07) is 2.69. The summed E-state index contributed by atoms with van der Waals surface area (Å²) in [6.07, 6.45) is 12.2. The van der Waals surface area contributed by atoms with E-state index in [0.29, 0.717) is 6.04 Å². The summed E-state index contributed by atoms with van der Waals surface area (Å²) in [6.45, 7) is 7.38. The molecule has 1 aliphatic heterocycles. The monoisotopic (exact) mass is 454 g/mol. The van der Waals surface area contributed by atoms with Crippen LogP contribution in [0.1, 0.15) is 74.3 Å². The van der Waals surface area contributed by atoms with Crippen LogP contribution in [0, 0.1) is 11.5 Å². The molecular weight excluding hydrogens is 420 g/mol. The summed E-state index contributed by atoms with van der Waals surface area (Å²) in [5.74, 6) is -0.328. The highest BCUT2D eigenvalue weighted by atomic mass is 32.2. The standard InChI is InChI=1S/C25H34N4O2S/c1-18(2)29-13-6-11-25(29,3)12-14-32(31,27-17-26)28-24(30)16-23-21-9-4-7-19(21)15-20-8-5-10-22(20)23/h12,14-15,18H,4-11,13,16H2,1-3H3,(H,27,28,30,31). The summed E-state index contributed by atoms with van der Waals surface area (Å²) in [5, 5.41) is 10.6. The van der Waals surface area contributed by atoms with Gasteiger partial charge in [0.1, 0.15) is 0 Å². The van der Waals surface area contributed by atoms with Crippen LogP contribution in [0.3, 0.4) is 0 Å². The predicted octanol–water partition coefficient (Wildman–Crippen LogP) is 3.96. The zero-order valence-electron chi connectivity index (χ0n) is 19.4. The van der Waals surface area contributed by atoms with Crippen LogP contribution in [-0.2, 0) is 46.8 Å². The van der Waals surface area contributed by atoms with Crippen molar-refractivity contribution >= 4 is 15.8 Å². The fourth-order valence-electron chi connectivity index (χ4n) is 5.93. The number of fused-ring (bicyclic) bond motifs is 2. The van der Waals surface area contributed by atoms with Gasteiger partial charge in [-0.05, 0) is 106 Å². The van der Waals surface area contributed by atoms with Gasteiger partial charge in [-0.15, -0.1) is 0 Å². The van der Waals surface area contributed by atoms with Crippen molar-refractivity contribution in [3.05, 3.63) is 45.4 Å². The second kappa shape index (κ2) is 8.99. The minimum absolute atomic E-state index is 0.201. The van der Waals surface area contributed by atoms with Crippen molar-refractivity contribution in [3.63, 3.8) is 0 Å². The average Bonchev–Trinajstić information content (AvgIpc) is 3.46. The van der Waals surface area contributed by atoms with Crippen molar-refractivity contribution in [1.82, 2.24) is 9.62 Å². The van der Waals surface area contributed by atoms with E-state index in [4.69, 9.17) is 5.26 Å². The number of rotatable bonds is 6. The molecule has 7 heteroatoms. The van der Waals surface area contributed by atoms with Crippen LogP contribution in [0.5, 0.6) is 0 Å². The molecule has 2 unspecified atom stereocenters. The Morgan fingerprint density at radius 2 is 1.91 bits per heavy atom. The number of carbonyl (C=O) groups excluding carboxylic acids is 1. The summed E-state index contributed by atoms with van der Waals surface area (Å²) in [7, 11) is -3.30. The topological polar surface area (TPSA) is 85.6 Å². The molecule has 1 N–H and O–H groups in total. The third-order valence-corrected chi connectivity index (χ3v) is 8.72. The Morgan fingerprint density at radius 3 is 2.50 bits per heavy atom. The molecule has 2 aliphatic carbocycles. The van der Waals surface area contributed by atoms with E-state index in [1.54, 1.807) is 6.19 Å². The molecule has 32 heavy (non-hydrogen) atoms. The number of carbonyl (C=O) groups is 1. The van der Waals surface area contributed by atoms with Gasteiger partial charge in [-0.25, -0.2) is 4.21 Å². The van der Waals surface area contributed by atoms with E-state index < -0.39 is 9.92 Å². The highest BCUT2D eigenvalue weighted by Crippen LogP contribution is 2.35. The molecule has 4 rings (SSSR count). The zero-order valence-corrected chi connectivity index (χ0v) is 20.3. The third kappa shape index (κ3) is 4.49. The summed E-state index contributed by atoms with van der Waals surface area (Å²) in [4.78, 5) is 15.4. The maximum absolute atomic E-state index is 13.4. The number of nitrogens with zero attached hydrogens (tertiary/aromatic N) is 3. The molecular formula is C25H34N4O2S. The molecule has 1 heterocycles. The molecule has 0 aromatic heterocycles. The Labute approximate surface area is 192 Å². The first-order valence-corrected chi connectivity index (χ1v) is 13.4. The fraction of sp³-hybridized carbons (Fsp3) is 0.600. The molecule has 1 amide bonds. The smallest absolute Gasteiger partial charge is 0.236 e. The molecule has 2 atom stereocenters. The summed E-state index contributed by atoms with van der Waals surface area (Å²) in [5.41, 5.74) is 6.24. The molecule has 0 saturated carbocycles. The van der Waals surface area contributed by atoms with Gasteiger partial charge < -0.3 is 0 Å². The lowest BCUT2D eigenvalue weighted by Crippen LogP contribution is -2.44. The van der Waals surface area contributed by atoms with Gasteiger partial charge in [-0.3, -0.25) is 14.4 Å².